The molecule has 0 radical (unpaired) electrons. The highest BCUT2D eigenvalue weighted by molar-refractivity contribution is 7.99. The van der Waals surface area contributed by atoms with Crippen LogP contribution in [0.1, 0.15) is 5.76 Å². The van der Waals surface area contributed by atoms with E-state index in [1.54, 1.807) is 25.1 Å². The lowest BCUT2D eigenvalue weighted by Gasteiger charge is -2.10. The Bertz CT molecular complexity index is 1560. The Labute approximate surface area is 189 Å². The zero-order chi connectivity index (χ0) is 22.9. The number of thioether (sulfide) groups is 1. The van der Waals surface area contributed by atoms with Crippen LogP contribution in [0.15, 0.2) is 69.1 Å². The number of hydrogen-bond donors (Lipinski definition) is 1. The van der Waals surface area contributed by atoms with Crippen LogP contribution in [0.4, 0.5) is 10.2 Å². The number of fused-ring (bicyclic) bond motifs is 3. The molecule has 0 bridgehead atoms. The highest BCUT2D eigenvalue weighted by atomic mass is 32.2. The molecule has 0 unspecified atom stereocenters. The van der Waals surface area contributed by atoms with Crippen LogP contribution in [-0.2, 0) is 4.79 Å². The molecule has 3 heterocycles. The van der Waals surface area contributed by atoms with Gasteiger partial charge in [0.25, 0.3) is 5.56 Å². The first-order valence-electron chi connectivity index (χ1n) is 9.80. The average molecular weight is 462 g/mol. The molecule has 9 nitrogen and oxygen atoms in total. The van der Waals surface area contributed by atoms with Crippen LogP contribution in [0.2, 0.25) is 0 Å². The number of para-hydroxylation sites is 1. The number of carbonyl (C=O) groups is 1. The summed E-state index contributed by atoms with van der Waals surface area (Å²) in [5.41, 5.74) is 0.843. The van der Waals surface area contributed by atoms with E-state index < -0.39 is 11.4 Å². The number of rotatable bonds is 5. The van der Waals surface area contributed by atoms with Crippen LogP contribution in [0.25, 0.3) is 27.8 Å². The van der Waals surface area contributed by atoms with E-state index in [0.29, 0.717) is 38.8 Å². The first-order valence-corrected chi connectivity index (χ1v) is 10.8. The number of nitrogens with one attached hydrogen (secondary N) is 1. The molecule has 2 aromatic carbocycles. The third-order valence-corrected chi connectivity index (χ3v) is 5.63. The summed E-state index contributed by atoms with van der Waals surface area (Å²) in [4.78, 5) is 34.0. The van der Waals surface area contributed by atoms with Crippen molar-refractivity contribution in [3.8, 4) is 11.3 Å². The second-order valence-corrected chi connectivity index (χ2v) is 8.02. The number of aryl methyl sites for hydroxylation is 1. The first kappa shape index (κ1) is 20.8. The molecule has 1 N–H and O–H groups in total. The first-order chi connectivity index (χ1) is 16.0. The van der Waals surface area contributed by atoms with Gasteiger partial charge in [-0.2, -0.15) is 14.6 Å². The molecule has 0 aliphatic rings. The van der Waals surface area contributed by atoms with Crippen molar-refractivity contribution in [3.63, 3.8) is 0 Å². The number of carbonyl (C=O) groups excluding carboxylic acids is 1. The van der Waals surface area contributed by atoms with E-state index >= 15 is 0 Å². The van der Waals surface area contributed by atoms with Crippen molar-refractivity contribution in [1.82, 2.24) is 24.7 Å². The number of aromatic nitrogens is 5. The maximum absolute atomic E-state index is 13.3. The van der Waals surface area contributed by atoms with Crippen molar-refractivity contribution >= 4 is 40.0 Å². The van der Waals surface area contributed by atoms with E-state index in [-0.39, 0.29) is 17.4 Å². The Kier molecular flexibility index (Phi) is 5.31. The molecule has 0 atom stereocenters. The molecule has 33 heavy (non-hydrogen) atoms. The van der Waals surface area contributed by atoms with Gasteiger partial charge < -0.3 is 9.84 Å². The molecule has 164 valence electrons. The fourth-order valence-corrected chi connectivity index (χ4v) is 3.97. The quantitative estimate of drug-likeness (QED) is 0.240. The monoisotopic (exact) mass is 462 g/mol. The Balaban J connectivity index is 1.56. The van der Waals surface area contributed by atoms with Crippen LogP contribution in [0, 0.1) is 12.7 Å². The maximum Gasteiger partial charge on any atom is 0.300 e. The van der Waals surface area contributed by atoms with Gasteiger partial charge in [0.1, 0.15) is 11.6 Å². The molecule has 0 saturated carbocycles. The molecule has 0 aliphatic carbocycles. The number of benzene rings is 2. The predicted octanol–water partition coefficient (Wildman–Crippen LogP) is 3.47. The van der Waals surface area contributed by atoms with Crippen molar-refractivity contribution in [2.24, 2.45) is 0 Å². The average Bonchev–Trinajstić information content (AvgIpc) is 3.22. The highest BCUT2D eigenvalue weighted by Crippen LogP contribution is 2.24. The predicted molar refractivity (Wildman–Crippen MR) is 121 cm³/mol. The van der Waals surface area contributed by atoms with Crippen molar-refractivity contribution < 1.29 is 13.7 Å². The van der Waals surface area contributed by atoms with Gasteiger partial charge in [-0.25, -0.2) is 9.37 Å². The lowest BCUT2D eigenvalue weighted by molar-refractivity contribution is -0.113. The summed E-state index contributed by atoms with van der Waals surface area (Å²) in [5.74, 6) is 0.157. The summed E-state index contributed by atoms with van der Waals surface area (Å²) >= 11 is 1.13. The molecule has 0 saturated heterocycles. The van der Waals surface area contributed by atoms with Gasteiger partial charge in [-0.05, 0) is 43.3 Å². The van der Waals surface area contributed by atoms with Gasteiger partial charge in [-0.15, -0.1) is 0 Å². The Hall–Kier alpha value is -4.12. The minimum atomic E-state index is -0.548. The van der Waals surface area contributed by atoms with Crippen LogP contribution >= 0.6 is 11.8 Å². The van der Waals surface area contributed by atoms with E-state index in [2.05, 4.69) is 25.5 Å². The summed E-state index contributed by atoms with van der Waals surface area (Å²) in [6.07, 6.45) is 0. The SMILES string of the molecule is Cc1cc(NC(=O)CSc2nc3ccccc3c3nc(=O)c(-c4ccc(F)cc4)nn23)no1. The molecule has 0 fully saturated rings. The van der Waals surface area contributed by atoms with Gasteiger partial charge >= 0.3 is 0 Å². The normalized spacial score (nSPS) is 11.2. The Morgan fingerprint density at radius 3 is 2.70 bits per heavy atom. The summed E-state index contributed by atoms with van der Waals surface area (Å²) in [6.45, 7) is 1.72. The zero-order valence-corrected chi connectivity index (χ0v) is 18.0. The third kappa shape index (κ3) is 4.17. The van der Waals surface area contributed by atoms with Crippen LogP contribution in [-0.4, -0.2) is 36.4 Å². The number of nitrogens with zero attached hydrogens (tertiary/aromatic N) is 5. The molecule has 0 aliphatic heterocycles. The Morgan fingerprint density at radius 1 is 1.15 bits per heavy atom. The van der Waals surface area contributed by atoms with E-state index in [0.717, 1.165) is 11.8 Å². The van der Waals surface area contributed by atoms with Crippen molar-refractivity contribution in [3.05, 3.63) is 76.5 Å². The van der Waals surface area contributed by atoms with Gasteiger partial charge in [0.2, 0.25) is 5.91 Å². The largest absolute Gasteiger partial charge is 0.360 e. The smallest absolute Gasteiger partial charge is 0.300 e. The molecule has 0 spiro atoms. The molecule has 5 rings (SSSR count). The second kappa shape index (κ2) is 8.43. The number of hydrogen-bond acceptors (Lipinski definition) is 8. The lowest BCUT2D eigenvalue weighted by atomic mass is 10.1. The van der Waals surface area contributed by atoms with Gasteiger partial charge in [-0.3, -0.25) is 9.59 Å². The van der Waals surface area contributed by atoms with Crippen LogP contribution in [0.3, 0.4) is 0 Å². The van der Waals surface area contributed by atoms with Gasteiger partial charge in [0.05, 0.1) is 11.3 Å². The summed E-state index contributed by atoms with van der Waals surface area (Å²) in [6, 6.07) is 14.2. The number of halogens is 1. The van der Waals surface area contributed by atoms with Crippen LogP contribution < -0.4 is 10.9 Å². The van der Waals surface area contributed by atoms with Crippen molar-refractivity contribution in [2.45, 2.75) is 12.1 Å². The van der Waals surface area contributed by atoms with E-state index in [4.69, 9.17) is 4.52 Å². The topological polar surface area (TPSA) is 115 Å². The fourth-order valence-electron chi connectivity index (χ4n) is 3.22. The highest BCUT2D eigenvalue weighted by Gasteiger charge is 2.16. The van der Waals surface area contributed by atoms with Gasteiger partial charge in [0, 0.05) is 17.0 Å². The zero-order valence-electron chi connectivity index (χ0n) is 17.2. The standard InChI is InChI=1S/C22H15FN6O3S/c1-12-10-17(28-32-12)25-18(30)11-33-22-24-16-5-3-2-4-15(16)20-26-21(31)19(27-29(20)22)13-6-8-14(23)9-7-13/h2-10H,11H2,1H3,(H,25,28,30). The number of anilines is 1. The summed E-state index contributed by atoms with van der Waals surface area (Å²) in [7, 11) is 0. The van der Waals surface area contributed by atoms with E-state index in [1.165, 1.54) is 28.8 Å². The Morgan fingerprint density at radius 2 is 1.94 bits per heavy atom. The van der Waals surface area contributed by atoms with Gasteiger partial charge in [-0.1, -0.05) is 29.1 Å². The minimum absolute atomic E-state index is 0.00599. The molecular weight excluding hydrogens is 447 g/mol. The van der Waals surface area contributed by atoms with E-state index in [9.17, 15) is 14.0 Å². The van der Waals surface area contributed by atoms with Crippen LogP contribution in [0.5, 0.6) is 0 Å². The molecule has 3 aromatic heterocycles. The minimum Gasteiger partial charge on any atom is -0.360 e. The van der Waals surface area contributed by atoms with E-state index in [1.807, 2.05) is 12.1 Å². The lowest BCUT2D eigenvalue weighted by Crippen LogP contribution is -2.19. The molecular formula is C22H15FN6O3S. The van der Waals surface area contributed by atoms with Gasteiger partial charge in [0.15, 0.2) is 22.3 Å². The third-order valence-electron chi connectivity index (χ3n) is 4.70. The number of amides is 1. The fraction of sp³-hybridized carbons (Fsp3) is 0.0909. The summed E-state index contributed by atoms with van der Waals surface area (Å²) in [5, 5.41) is 11.9. The van der Waals surface area contributed by atoms with Crippen molar-refractivity contribution in [2.75, 3.05) is 11.1 Å². The molecule has 1 amide bonds. The maximum atomic E-state index is 13.3. The summed E-state index contributed by atoms with van der Waals surface area (Å²) < 4.78 is 19.7. The second-order valence-electron chi connectivity index (χ2n) is 7.08. The van der Waals surface area contributed by atoms with Crippen molar-refractivity contribution in [1.29, 1.82) is 0 Å². The molecule has 11 heteroatoms. The molecule has 5 aromatic rings.